The highest BCUT2D eigenvalue weighted by Gasteiger charge is 2.04. The van der Waals surface area contributed by atoms with Gasteiger partial charge in [-0.3, -0.25) is 14.8 Å². The number of esters is 1. The van der Waals surface area contributed by atoms with Crippen molar-refractivity contribution in [1.82, 2.24) is 14.5 Å². The van der Waals surface area contributed by atoms with Crippen molar-refractivity contribution in [2.45, 2.75) is 19.9 Å². The van der Waals surface area contributed by atoms with Crippen molar-refractivity contribution >= 4 is 5.97 Å². The molecule has 2 N–H and O–H groups in total. The van der Waals surface area contributed by atoms with Gasteiger partial charge in [-0.25, -0.2) is 19.0 Å². The van der Waals surface area contributed by atoms with Crippen molar-refractivity contribution in [1.29, 1.82) is 0 Å². The maximum Gasteiger partial charge on any atom is 0.333 e. The molecule has 0 aliphatic heterocycles. The molecule has 8 nitrogen and oxygen atoms in total. The summed E-state index contributed by atoms with van der Waals surface area (Å²) in [6.07, 6.45) is 0.219. The van der Waals surface area contributed by atoms with Crippen molar-refractivity contribution in [3.8, 4) is 0 Å². The van der Waals surface area contributed by atoms with Crippen molar-refractivity contribution < 1.29 is 9.53 Å². The predicted molar refractivity (Wildman–Crippen MR) is 53.2 cm³/mol. The van der Waals surface area contributed by atoms with Crippen molar-refractivity contribution in [3.63, 3.8) is 0 Å². The van der Waals surface area contributed by atoms with Gasteiger partial charge in [-0.15, -0.1) is 0 Å². The highest BCUT2D eigenvalue weighted by atomic mass is 16.5. The van der Waals surface area contributed by atoms with E-state index in [0.29, 0.717) is 0 Å². The molecule has 0 radical (unpaired) electrons. The van der Waals surface area contributed by atoms with E-state index in [9.17, 15) is 19.2 Å². The fourth-order valence-corrected chi connectivity index (χ4v) is 1.01. The Kier molecular flexibility index (Phi) is 3.81. The highest BCUT2D eigenvalue weighted by Crippen LogP contribution is 1.84. The minimum Gasteiger partial charge on any atom is -0.464 e. The number of aromatic nitrogens is 3. The number of hydrogen-bond donors (Lipinski definition) is 2. The number of ether oxygens (including phenoxy) is 1. The second-order valence-electron chi connectivity index (χ2n) is 2.92. The van der Waals surface area contributed by atoms with Crippen LogP contribution in [0.5, 0.6) is 0 Å². The summed E-state index contributed by atoms with van der Waals surface area (Å²) in [5.41, 5.74) is -2.53. The van der Waals surface area contributed by atoms with Gasteiger partial charge < -0.3 is 4.74 Å². The van der Waals surface area contributed by atoms with Crippen LogP contribution in [0.2, 0.25) is 0 Å². The maximum atomic E-state index is 11.2. The first-order valence-corrected chi connectivity index (χ1v) is 4.63. The number of hydrogen-bond acceptors (Lipinski definition) is 5. The third kappa shape index (κ3) is 2.94. The van der Waals surface area contributed by atoms with Crippen LogP contribution in [0.15, 0.2) is 14.4 Å². The van der Waals surface area contributed by atoms with E-state index >= 15 is 0 Å². The third-order valence-electron chi connectivity index (χ3n) is 1.80. The van der Waals surface area contributed by atoms with E-state index in [1.807, 2.05) is 9.97 Å². The van der Waals surface area contributed by atoms with Gasteiger partial charge in [0.05, 0.1) is 6.54 Å². The van der Waals surface area contributed by atoms with Crippen LogP contribution in [-0.4, -0.2) is 27.1 Å². The zero-order chi connectivity index (χ0) is 12.1. The van der Waals surface area contributed by atoms with Gasteiger partial charge in [0, 0.05) is 6.42 Å². The smallest absolute Gasteiger partial charge is 0.333 e. The summed E-state index contributed by atoms with van der Waals surface area (Å²) in [5, 5.41) is 0. The lowest BCUT2D eigenvalue weighted by Crippen LogP contribution is -2.44. The highest BCUT2D eigenvalue weighted by molar-refractivity contribution is 5.68. The molecule has 0 spiro atoms. The molecule has 8 heteroatoms. The first kappa shape index (κ1) is 12.0. The minimum atomic E-state index is -0.864. The molecule has 0 unspecified atom stereocenters. The van der Waals surface area contributed by atoms with E-state index in [2.05, 4.69) is 0 Å². The van der Waals surface area contributed by atoms with E-state index in [-0.39, 0.29) is 19.6 Å². The number of aromatic amines is 2. The Morgan fingerprint density at radius 2 is 1.81 bits per heavy atom. The van der Waals surface area contributed by atoms with Gasteiger partial charge in [0.25, 0.3) is 0 Å². The molecule has 16 heavy (non-hydrogen) atoms. The number of carbonyl (C=O) groups excluding carboxylic acids is 1. The number of rotatable bonds is 4. The molecule has 0 aliphatic carbocycles. The van der Waals surface area contributed by atoms with Gasteiger partial charge in [0.15, 0.2) is 0 Å². The summed E-state index contributed by atoms with van der Waals surface area (Å²) >= 11 is 0. The normalized spacial score (nSPS) is 10.1. The van der Waals surface area contributed by atoms with E-state index in [0.717, 1.165) is 4.57 Å². The topological polar surface area (TPSA) is 114 Å². The Hall–Kier alpha value is -2.12. The summed E-state index contributed by atoms with van der Waals surface area (Å²) < 4.78 is 5.43. The van der Waals surface area contributed by atoms with Gasteiger partial charge >= 0.3 is 23.0 Å². The second-order valence-corrected chi connectivity index (χ2v) is 2.92. The zero-order valence-electron chi connectivity index (χ0n) is 8.61. The molecule has 1 heterocycles. The monoisotopic (exact) mass is 229 g/mol. The minimum absolute atomic E-state index is 0.0955. The summed E-state index contributed by atoms with van der Waals surface area (Å²) in [4.78, 5) is 47.5. The van der Waals surface area contributed by atoms with E-state index < -0.39 is 23.0 Å². The van der Waals surface area contributed by atoms with Crippen LogP contribution in [0.25, 0.3) is 0 Å². The fourth-order valence-electron chi connectivity index (χ4n) is 1.01. The average Bonchev–Trinajstić information content (AvgIpc) is 2.21. The third-order valence-corrected chi connectivity index (χ3v) is 1.80. The summed E-state index contributed by atoms with van der Waals surface area (Å²) in [5.74, 6) is -0.422. The molecule has 1 aromatic rings. The molecule has 0 saturated carbocycles. The van der Waals surface area contributed by atoms with Gasteiger partial charge in [-0.05, 0) is 0 Å². The molecule has 1 rings (SSSR count). The summed E-state index contributed by atoms with van der Waals surface area (Å²) in [6.45, 7) is 1.43. The molecule has 0 aromatic carbocycles. The SMILES string of the molecule is CCC(=O)OCCn1c(=O)[nH]c(=O)[nH]c1=O. The maximum absolute atomic E-state index is 11.2. The number of H-pyrrole nitrogens is 2. The van der Waals surface area contributed by atoms with Crippen LogP contribution in [0.4, 0.5) is 0 Å². The Morgan fingerprint density at radius 3 is 2.31 bits per heavy atom. The largest absolute Gasteiger partial charge is 0.464 e. The van der Waals surface area contributed by atoms with Crippen LogP contribution in [0, 0.1) is 0 Å². The average molecular weight is 229 g/mol. The van der Waals surface area contributed by atoms with Crippen LogP contribution >= 0.6 is 0 Å². The van der Waals surface area contributed by atoms with Crippen molar-refractivity contribution in [3.05, 3.63) is 31.5 Å². The molecule has 0 aliphatic rings. The first-order valence-electron chi connectivity index (χ1n) is 4.63. The Morgan fingerprint density at radius 1 is 1.25 bits per heavy atom. The van der Waals surface area contributed by atoms with Gasteiger partial charge in [0.1, 0.15) is 6.61 Å². The van der Waals surface area contributed by atoms with Crippen LogP contribution in [-0.2, 0) is 16.1 Å². The summed E-state index contributed by atoms with van der Waals surface area (Å²) in [6, 6.07) is 0. The molecular weight excluding hydrogens is 218 g/mol. The molecule has 0 atom stereocenters. The molecule has 0 fully saturated rings. The standard InChI is InChI=1S/C8H11N3O5/c1-2-5(12)16-4-3-11-7(14)9-6(13)10-8(11)15/h2-4H2,1H3,(H2,9,10,13,14,15). The van der Waals surface area contributed by atoms with Crippen molar-refractivity contribution in [2.75, 3.05) is 6.61 Å². The molecule has 0 amide bonds. The number of nitrogens with zero attached hydrogens (tertiary/aromatic N) is 1. The van der Waals surface area contributed by atoms with Crippen molar-refractivity contribution in [2.24, 2.45) is 0 Å². The summed E-state index contributed by atoms with van der Waals surface area (Å²) in [7, 11) is 0. The molecule has 88 valence electrons. The molecule has 0 saturated heterocycles. The van der Waals surface area contributed by atoms with Crippen LogP contribution < -0.4 is 17.1 Å². The lowest BCUT2D eigenvalue weighted by atomic mass is 10.5. The van der Waals surface area contributed by atoms with Gasteiger partial charge in [-0.1, -0.05) is 6.92 Å². The quantitative estimate of drug-likeness (QED) is 0.590. The lowest BCUT2D eigenvalue weighted by molar-refractivity contribution is -0.143. The van der Waals surface area contributed by atoms with Gasteiger partial charge in [-0.2, -0.15) is 0 Å². The number of nitrogens with one attached hydrogen (secondary N) is 2. The second kappa shape index (κ2) is 5.10. The Balaban J connectivity index is 2.76. The van der Waals surface area contributed by atoms with Crippen LogP contribution in [0.3, 0.4) is 0 Å². The van der Waals surface area contributed by atoms with Gasteiger partial charge in [0.2, 0.25) is 0 Å². The molecule has 1 aromatic heterocycles. The Labute approximate surface area is 88.9 Å². The van der Waals surface area contributed by atoms with E-state index in [1.165, 1.54) is 0 Å². The predicted octanol–water partition coefficient (Wildman–Crippen LogP) is -1.82. The zero-order valence-corrected chi connectivity index (χ0v) is 8.61. The first-order chi connectivity index (χ1) is 7.54. The fraction of sp³-hybridized carbons (Fsp3) is 0.500. The van der Waals surface area contributed by atoms with Crippen LogP contribution in [0.1, 0.15) is 13.3 Å². The Bertz CT molecular complexity index is 503. The molecular formula is C8H11N3O5. The van der Waals surface area contributed by atoms with E-state index in [1.54, 1.807) is 6.92 Å². The molecule has 0 bridgehead atoms. The lowest BCUT2D eigenvalue weighted by Gasteiger charge is -2.04. The van der Waals surface area contributed by atoms with E-state index in [4.69, 9.17) is 4.74 Å². The number of carbonyl (C=O) groups is 1.